The number of hydrogen-bond acceptors (Lipinski definition) is 2. The number of nitrogens with two attached hydrogens (primary N) is 1. The van der Waals surface area contributed by atoms with E-state index in [0.717, 1.165) is 17.9 Å². The lowest BCUT2D eigenvalue weighted by molar-refractivity contribution is 0.129. The zero-order valence-corrected chi connectivity index (χ0v) is 14.4. The number of halogens is 1. The first kappa shape index (κ1) is 18.0. The molecule has 0 bridgehead atoms. The Morgan fingerprint density at radius 3 is 2.53 bits per heavy atom. The zero-order chi connectivity index (χ0) is 13.6. The van der Waals surface area contributed by atoms with Gasteiger partial charge < -0.3 is 15.8 Å². The molecule has 1 aromatic rings. The zero-order valence-electron chi connectivity index (χ0n) is 12.1. The standard InChI is InChI=1S/C14H23N3O.HI/c1-5-16-13(15)17-10-11-8-6-7-9-12(11)18-14(2,3)4;/h6-9H,5,10H2,1-4H3,(H3,15,16,17);1H. The fourth-order valence-corrected chi connectivity index (χ4v) is 1.47. The number of para-hydroxylation sites is 1. The summed E-state index contributed by atoms with van der Waals surface area (Å²) in [5.74, 6) is 1.32. The molecule has 0 saturated carbocycles. The van der Waals surface area contributed by atoms with Gasteiger partial charge in [0, 0.05) is 12.1 Å². The molecule has 0 spiro atoms. The molecule has 3 N–H and O–H groups in total. The summed E-state index contributed by atoms with van der Waals surface area (Å²) in [6.45, 7) is 9.36. The first-order valence-corrected chi connectivity index (χ1v) is 6.23. The fourth-order valence-electron chi connectivity index (χ4n) is 1.47. The van der Waals surface area contributed by atoms with Gasteiger partial charge in [-0.1, -0.05) is 18.2 Å². The molecule has 0 radical (unpaired) electrons. The predicted octanol–water partition coefficient (Wildman–Crippen LogP) is 2.91. The lowest BCUT2D eigenvalue weighted by Crippen LogP contribution is -2.31. The van der Waals surface area contributed by atoms with Gasteiger partial charge in [-0.25, -0.2) is 4.99 Å². The van der Waals surface area contributed by atoms with E-state index in [0.29, 0.717) is 12.5 Å². The Balaban J connectivity index is 0.00000324. The van der Waals surface area contributed by atoms with Crippen LogP contribution in [0.3, 0.4) is 0 Å². The molecule has 0 aromatic heterocycles. The van der Waals surface area contributed by atoms with Crippen molar-refractivity contribution in [1.29, 1.82) is 0 Å². The van der Waals surface area contributed by atoms with Crippen molar-refractivity contribution in [2.24, 2.45) is 10.7 Å². The SMILES string of the molecule is CCNC(N)=NCc1ccccc1OC(C)(C)C.I. The lowest BCUT2D eigenvalue weighted by Gasteiger charge is -2.22. The second kappa shape index (κ2) is 8.24. The quantitative estimate of drug-likeness (QED) is 0.482. The fraction of sp³-hybridized carbons (Fsp3) is 0.500. The number of benzene rings is 1. The summed E-state index contributed by atoms with van der Waals surface area (Å²) in [5, 5.41) is 2.97. The molecule has 19 heavy (non-hydrogen) atoms. The van der Waals surface area contributed by atoms with Gasteiger partial charge in [-0.05, 0) is 33.8 Å². The Kier molecular flexibility index (Phi) is 7.82. The van der Waals surface area contributed by atoms with Crippen LogP contribution in [0.25, 0.3) is 0 Å². The van der Waals surface area contributed by atoms with Crippen LogP contribution in [0.4, 0.5) is 0 Å². The first-order valence-electron chi connectivity index (χ1n) is 6.23. The Labute approximate surface area is 132 Å². The van der Waals surface area contributed by atoms with Crippen LogP contribution in [-0.4, -0.2) is 18.1 Å². The smallest absolute Gasteiger partial charge is 0.188 e. The predicted molar refractivity (Wildman–Crippen MR) is 91.2 cm³/mol. The van der Waals surface area contributed by atoms with Crippen molar-refractivity contribution in [3.8, 4) is 5.75 Å². The molecular weight excluding hydrogens is 353 g/mol. The lowest BCUT2D eigenvalue weighted by atomic mass is 10.1. The van der Waals surface area contributed by atoms with Gasteiger partial charge in [0.15, 0.2) is 5.96 Å². The van der Waals surface area contributed by atoms with Gasteiger partial charge in [0.25, 0.3) is 0 Å². The molecule has 0 unspecified atom stereocenters. The molecule has 0 aliphatic carbocycles. The normalized spacial score (nSPS) is 11.7. The van der Waals surface area contributed by atoms with Crippen molar-refractivity contribution < 1.29 is 4.74 Å². The largest absolute Gasteiger partial charge is 0.488 e. The van der Waals surface area contributed by atoms with Gasteiger partial charge in [-0.15, -0.1) is 24.0 Å². The summed E-state index contributed by atoms with van der Waals surface area (Å²) in [6, 6.07) is 7.90. The van der Waals surface area contributed by atoms with E-state index in [1.165, 1.54) is 0 Å². The summed E-state index contributed by atoms with van der Waals surface area (Å²) in [4.78, 5) is 4.28. The van der Waals surface area contributed by atoms with Crippen LogP contribution in [0.2, 0.25) is 0 Å². The van der Waals surface area contributed by atoms with Crippen LogP contribution in [-0.2, 0) is 6.54 Å². The molecular formula is C14H24IN3O. The maximum Gasteiger partial charge on any atom is 0.188 e. The van der Waals surface area contributed by atoms with Crippen molar-refractivity contribution in [3.05, 3.63) is 29.8 Å². The van der Waals surface area contributed by atoms with Gasteiger partial charge in [-0.3, -0.25) is 0 Å². The Morgan fingerprint density at radius 1 is 1.32 bits per heavy atom. The van der Waals surface area contributed by atoms with E-state index in [2.05, 4.69) is 10.3 Å². The number of guanidine groups is 1. The van der Waals surface area contributed by atoms with Crippen LogP contribution in [0.1, 0.15) is 33.3 Å². The van der Waals surface area contributed by atoms with Crippen molar-refractivity contribution >= 4 is 29.9 Å². The molecule has 0 aliphatic rings. The number of nitrogens with one attached hydrogen (secondary N) is 1. The molecule has 108 valence electrons. The number of hydrogen-bond donors (Lipinski definition) is 2. The van der Waals surface area contributed by atoms with Crippen molar-refractivity contribution in [3.63, 3.8) is 0 Å². The van der Waals surface area contributed by atoms with Crippen LogP contribution in [0, 0.1) is 0 Å². The Morgan fingerprint density at radius 2 is 1.95 bits per heavy atom. The van der Waals surface area contributed by atoms with Crippen LogP contribution < -0.4 is 15.8 Å². The Hall–Kier alpha value is -0.980. The average Bonchev–Trinajstić information content (AvgIpc) is 2.26. The van der Waals surface area contributed by atoms with E-state index < -0.39 is 0 Å². The van der Waals surface area contributed by atoms with Crippen molar-refractivity contribution in [2.45, 2.75) is 39.8 Å². The molecule has 5 heteroatoms. The van der Waals surface area contributed by atoms with E-state index in [-0.39, 0.29) is 29.6 Å². The summed E-state index contributed by atoms with van der Waals surface area (Å²) >= 11 is 0. The molecule has 0 atom stereocenters. The van der Waals surface area contributed by atoms with Gasteiger partial charge >= 0.3 is 0 Å². The summed E-state index contributed by atoms with van der Waals surface area (Å²) in [7, 11) is 0. The monoisotopic (exact) mass is 377 g/mol. The summed E-state index contributed by atoms with van der Waals surface area (Å²) in [6.07, 6.45) is 0. The van der Waals surface area contributed by atoms with Gasteiger partial charge in [0.05, 0.1) is 6.54 Å². The van der Waals surface area contributed by atoms with Gasteiger partial charge in [-0.2, -0.15) is 0 Å². The van der Waals surface area contributed by atoms with Crippen LogP contribution in [0.15, 0.2) is 29.3 Å². The number of aliphatic imine (C=N–C) groups is 1. The number of rotatable bonds is 4. The van der Waals surface area contributed by atoms with Crippen LogP contribution >= 0.6 is 24.0 Å². The second-order valence-corrected chi connectivity index (χ2v) is 5.05. The molecule has 1 aromatic carbocycles. The number of ether oxygens (including phenoxy) is 1. The third-order valence-corrected chi connectivity index (χ3v) is 2.17. The Bertz CT molecular complexity index is 413. The first-order chi connectivity index (χ1) is 8.42. The third-order valence-electron chi connectivity index (χ3n) is 2.17. The molecule has 0 fully saturated rings. The van der Waals surface area contributed by atoms with E-state index in [4.69, 9.17) is 10.5 Å². The van der Waals surface area contributed by atoms with E-state index in [1.807, 2.05) is 52.0 Å². The molecule has 1 rings (SSSR count). The molecule has 0 aliphatic heterocycles. The minimum atomic E-state index is -0.215. The highest BCUT2D eigenvalue weighted by Gasteiger charge is 2.13. The highest BCUT2D eigenvalue weighted by molar-refractivity contribution is 14.0. The van der Waals surface area contributed by atoms with Crippen LogP contribution in [0.5, 0.6) is 5.75 Å². The van der Waals surface area contributed by atoms with Gasteiger partial charge in [0.2, 0.25) is 0 Å². The van der Waals surface area contributed by atoms with E-state index >= 15 is 0 Å². The van der Waals surface area contributed by atoms with E-state index in [9.17, 15) is 0 Å². The average molecular weight is 377 g/mol. The topological polar surface area (TPSA) is 59.6 Å². The minimum Gasteiger partial charge on any atom is -0.488 e. The number of nitrogens with zero attached hydrogens (tertiary/aromatic N) is 1. The third kappa shape index (κ3) is 7.25. The molecule has 0 amide bonds. The van der Waals surface area contributed by atoms with Gasteiger partial charge in [0.1, 0.15) is 11.4 Å². The summed E-state index contributed by atoms with van der Waals surface area (Å²) in [5.41, 5.74) is 6.53. The van der Waals surface area contributed by atoms with Crippen molar-refractivity contribution in [2.75, 3.05) is 6.54 Å². The molecule has 4 nitrogen and oxygen atoms in total. The minimum absolute atomic E-state index is 0. The highest BCUT2D eigenvalue weighted by Crippen LogP contribution is 2.23. The highest BCUT2D eigenvalue weighted by atomic mass is 127. The van der Waals surface area contributed by atoms with Crippen molar-refractivity contribution in [1.82, 2.24) is 5.32 Å². The molecule has 0 heterocycles. The maximum atomic E-state index is 5.89. The maximum absolute atomic E-state index is 5.89. The summed E-state index contributed by atoms with van der Waals surface area (Å²) < 4.78 is 5.89. The molecule has 0 saturated heterocycles. The second-order valence-electron chi connectivity index (χ2n) is 5.05. The van der Waals surface area contributed by atoms with E-state index in [1.54, 1.807) is 0 Å².